The Hall–Kier alpha value is -0.610. The molecule has 0 aromatic rings. The number of nitrogens with one attached hydrogen (secondary N) is 2. The second-order valence-electron chi connectivity index (χ2n) is 5.79. The van der Waals surface area contributed by atoms with Gasteiger partial charge in [0, 0.05) is 31.6 Å². The summed E-state index contributed by atoms with van der Waals surface area (Å²) in [5.41, 5.74) is 0. The van der Waals surface area contributed by atoms with Gasteiger partial charge in [-0.15, -0.1) is 0 Å². The molecule has 2 aliphatic heterocycles. The molecule has 2 rings (SSSR count). The second-order valence-corrected chi connectivity index (χ2v) is 5.79. The van der Waals surface area contributed by atoms with Crippen molar-refractivity contribution in [2.24, 2.45) is 5.92 Å². The first-order chi connectivity index (χ1) is 8.69. The van der Waals surface area contributed by atoms with E-state index in [9.17, 15) is 4.79 Å². The molecule has 4 nitrogen and oxygen atoms in total. The van der Waals surface area contributed by atoms with E-state index >= 15 is 0 Å². The molecule has 104 valence electrons. The molecule has 0 aliphatic carbocycles. The van der Waals surface area contributed by atoms with Gasteiger partial charge in [-0.05, 0) is 45.2 Å². The van der Waals surface area contributed by atoms with E-state index in [0.717, 1.165) is 18.9 Å². The fraction of sp³-hybridized carbons (Fsp3) is 0.929. The minimum Gasteiger partial charge on any atom is -0.355 e. The topological polar surface area (TPSA) is 44.4 Å². The highest BCUT2D eigenvalue weighted by molar-refractivity contribution is 5.76. The Balaban J connectivity index is 1.76. The Morgan fingerprint density at radius 3 is 3.00 bits per heavy atom. The van der Waals surface area contributed by atoms with Crippen LogP contribution >= 0.6 is 0 Å². The van der Waals surface area contributed by atoms with Crippen molar-refractivity contribution >= 4 is 5.91 Å². The van der Waals surface area contributed by atoms with Gasteiger partial charge >= 0.3 is 0 Å². The molecule has 0 saturated carbocycles. The lowest BCUT2D eigenvalue weighted by Crippen LogP contribution is -2.52. The molecule has 2 fully saturated rings. The minimum atomic E-state index is 0.204. The van der Waals surface area contributed by atoms with Crippen molar-refractivity contribution in [3.05, 3.63) is 0 Å². The lowest BCUT2D eigenvalue weighted by Gasteiger charge is -2.37. The Kier molecular flexibility index (Phi) is 5.01. The van der Waals surface area contributed by atoms with Crippen molar-refractivity contribution in [1.29, 1.82) is 0 Å². The zero-order chi connectivity index (χ0) is 13.0. The van der Waals surface area contributed by atoms with Crippen molar-refractivity contribution in [2.45, 2.75) is 51.6 Å². The standard InChI is InChI=1S/C14H27N3O/c1-3-17-8-4-5-12(10-17)11(2)16-13-6-7-14(18)15-9-13/h11-13,16H,3-10H2,1-2H3,(H,15,18). The van der Waals surface area contributed by atoms with Gasteiger partial charge in [0.1, 0.15) is 0 Å². The van der Waals surface area contributed by atoms with Crippen LogP contribution in [0.1, 0.15) is 39.5 Å². The summed E-state index contributed by atoms with van der Waals surface area (Å²) in [6, 6.07) is 1.02. The molecule has 3 atom stereocenters. The Labute approximate surface area is 110 Å². The Bertz CT molecular complexity index is 272. The molecule has 4 heteroatoms. The predicted molar refractivity (Wildman–Crippen MR) is 73.5 cm³/mol. The number of carbonyl (C=O) groups excluding carboxylic acids is 1. The molecule has 0 aromatic heterocycles. The van der Waals surface area contributed by atoms with Crippen LogP contribution in [-0.2, 0) is 4.79 Å². The molecule has 2 N–H and O–H groups in total. The smallest absolute Gasteiger partial charge is 0.220 e. The molecule has 18 heavy (non-hydrogen) atoms. The van der Waals surface area contributed by atoms with Crippen molar-refractivity contribution in [2.75, 3.05) is 26.2 Å². The van der Waals surface area contributed by atoms with E-state index < -0.39 is 0 Å². The maximum absolute atomic E-state index is 11.1. The van der Waals surface area contributed by atoms with Gasteiger partial charge in [-0.1, -0.05) is 6.92 Å². The van der Waals surface area contributed by atoms with Crippen LogP contribution in [0.5, 0.6) is 0 Å². The molecule has 0 radical (unpaired) electrons. The number of hydrogen-bond acceptors (Lipinski definition) is 3. The van der Waals surface area contributed by atoms with Crippen molar-refractivity contribution in [1.82, 2.24) is 15.5 Å². The molecule has 3 unspecified atom stereocenters. The zero-order valence-electron chi connectivity index (χ0n) is 11.7. The van der Waals surface area contributed by atoms with Crippen molar-refractivity contribution in [3.8, 4) is 0 Å². The highest BCUT2D eigenvalue weighted by atomic mass is 16.1. The van der Waals surface area contributed by atoms with Gasteiger partial charge in [-0.25, -0.2) is 0 Å². The molecule has 2 heterocycles. The first-order valence-corrected chi connectivity index (χ1v) is 7.44. The predicted octanol–water partition coefficient (Wildman–Crippen LogP) is 0.975. The maximum Gasteiger partial charge on any atom is 0.220 e. The molecule has 2 aliphatic rings. The van der Waals surface area contributed by atoms with Crippen LogP contribution in [0.25, 0.3) is 0 Å². The number of rotatable bonds is 4. The SMILES string of the molecule is CCN1CCCC(C(C)NC2CCC(=O)NC2)C1. The lowest BCUT2D eigenvalue weighted by atomic mass is 9.90. The highest BCUT2D eigenvalue weighted by Crippen LogP contribution is 2.20. The summed E-state index contributed by atoms with van der Waals surface area (Å²) in [4.78, 5) is 13.7. The van der Waals surface area contributed by atoms with Crippen LogP contribution in [0.2, 0.25) is 0 Å². The van der Waals surface area contributed by atoms with E-state index in [-0.39, 0.29) is 5.91 Å². The van der Waals surface area contributed by atoms with Crippen LogP contribution in [0, 0.1) is 5.92 Å². The quantitative estimate of drug-likeness (QED) is 0.785. The van der Waals surface area contributed by atoms with Crippen LogP contribution in [-0.4, -0.2) is 49.1 Å². The third-order valence-electron chi connectivity index (χ3n) is 4.46. The molecule has 1 amide bonds. The highest BCUT2D eigenvalue weighted by Gasteiger charge is 2.26. The summed E-state index contributed by atoms with van der Waals surface area (Å²) in [5.74, 6) is 0.965. The van der Waals surface area contributed by atoms with E-state index in [1.165, 1.54) is 32.5 Å². The first-order valence-electron chi connectivity index (χ1n) is 7.44. The van der Waals surface area contributed by atoms with E-state index in [0.29, 0.717) is 18.5 Å². The number of hydrogen-bond donors (Lipinski definition) is 2. The molecule has 0 bridgehead atoms. The fourth-order valence-electron chi connectivity index (χ4n) is 3.17. The van der Waals surface area contributed by atoms with E-state index in [1.807, 2.05) is 0 Å². The molecule has 2 saturated heterocycles. The van der Waals surface area contributed by atoms with Crippen LogP contribution in [0.3, 0.4) is 0 Å². The van der Waals surface area contributed by atoms with Crippen molar-refractivity contribution in [3.63, 3.8) is 0 Å². The Morgan fingerprint density at radius 1 is 1.50 bits per heavy atom. The van der Waals surface area contributed by atoms with Gasteiger partial charge < -0.3 is 15.5 Å². The van der Waals surface area contributed by atoms with Gasteiger partial charge in [0.25, 0.3) is 0 Å². The molecule has 0 spiro atoms. The van der Waals surface area contributed by atoms with Crippen LogP contribution in [0.4, 0.5) is 0 Å². The monoisotopic (exact) mass is 253 g/mol. The Morgan fingerprint density at radius 2 is 2.33 bits per heavy atom. The third kappa shape index (κ3) is 3.69. The largest absolute Gasteiger partial charge is 0.355 e. The summed E-state index contributed by atoms with van der Waals surface area (Å²) >= 11 is 0. The number of nitrogens with zero attached hydrogens (tertiary/aromatic N) is 1. The summed E-state index contributed by atoms with van der Waals surface area (Å²) in [7, 11) is 0. The minimum absolute atomic E-state index is 0.204. The number of likely N-dealkylation sites (tertiary alicyclic amines) is 1. The van der Waals surface area contributed by atoms with Crippen LogP contribution < -0.4 is 10.6 Å². The van der Waals surface area contributed by atoms with Gasteiger partial charge in [0.2, 0.25) is 5.91 Å². The average Bonchev–Trinajstić information content (AvgIpc) is 2.41. The van der Waals surface area contributed by atoms with E-state index in [2.05, 4.69) is 29.4 Å². The zero-order valence-corrected chi connectivity index (χ0v) is 11.7. The van der Waals surface area contributed by atoms with E-state index in [1.54, 1.807) is 0 Å². The van der Waals surface area contributed by atoms with E-state index in [4.69, 9.17) is 0 Å². The van der Waals surface area contributed by atoms with Gasteiger partial charge in [-0.2, -0.15) is 0 Å². The third-order valence-corrected chi connectivity index (χ3v) is 4.46. The molecule has 0 aromatic carbocycles. The molecular weight excluding hydrogens is 226 g/mol. The summed E-state index contributed by atoms with van der Waals surface area (Å²) < 4.78 is 0. The van der Waals surface area contributed by atoms with Gasteiger partial charge in [-0.3, -0.25) is 4.79 Å². The maximum atomic E-state index is 11.1. The number of amides is 1. The summed E-state index contributed by atoms with van der Waals surface area (Å²) in [5, 5.41) is 6.66. The van der Waals surface area contributed by atoms with Gasteiger partial charge in [0.15, 0.2) is 0 Å². The fourth-order valence-corrected chi connectivity index (χ4v) is 3.17. The molecular formula is C14H27N3O. The normalized spacial score (nSPS) is 32.0. The lowest BCUT2D eigenvalue weighted by molar-refractivity contribution is -0.122. The number of piperidine rings is 2. The number of carbonyl (C=O) groups is 1. The second kappa shape index (κ2) is 6.53. The summed E-state index contributed by atoms with van der Waals surface area (Å²) in [6.45, 7) is 9.01. The van der Waals surface area contributed by atoms with Crippen molar-refractivity contribution < 1.29 is 4.79 Å². The average molecular weight is 253 g/mol. The van der Waals surface area contributed by atoms with Gasteiger partial charge in [0.05, 0.1) is 0 Å². The summed E-state index contributed by atoms with van der Waals surface area (Å²) in [6.07, 6.45) is 4.33. The first kappa shape index (κ1) is 13.8. The van der Waals surface area contributed by atoms with Crippen LogP contribution in [0.15, 0.2) is 0 Å².